The number of nitrogens with two attached hydrogens (primary N) is 4. The van der Waals surface area contributed by atoms with Crippen molar-refractivity contribution in [3.8, 4) is 0 Å². The molecule has 0 heterocycles. The van der Waals surface area contributed by atoms with E-state index in [1.807, 2.05) is 0 Å². The lowest BCUT2D eigenvalue weighted by Crippen LogP contribution is -2.66. The van der Waals surface area contributed by atoms with E-state index >= 15 is 0 Å². The highest BCUT2D eigenvalue weighted by molar-refractivity contribution is 4.69. The van der Waals surface area contributed by atoms with E-state index in [0.29, 0.717) is 0 Å². The van der Waals surface area contributed by atoms with Gasteiger partial charge in [0.15, 0.2) is 5.85 Å². The Morgan fingerprint density at radius 2 is 1.43 bits per heavy atom. The first-order valence-electron chi connectivity index (χ1n) is 1.76. The Hall–Kier alpha value is -0.200. The SMILES string of the molecule is NC(N)C(N)(N)O. The summed E-state index contributed by atoms with van der Waals surface area (Å²) in [6, 6.07) is 0. The van der Waals surface area contributed by atoms with Crippen molar-refractivity contribution in [2.45, 2.75) is 12.0 Å². The van der Waals surface area contributed by atoms with Crippen molar-refractivity contribution < 1.29 is 5.11 Å². The van der Waals surface area contributed by atoms with Crippen LogP contribution in [0.5, 0.6) is 0 Å². The largest absolute Gasteiger partial charge is 0.361 e. The summed E-state index contributed by atoms with van der Waals surface area (Å²) in [6.45, 7) is 0. The third kappa shape index (κ3) is 2.49. The van der Waals surface area contributed by atoms with Crippen LogP contribution in [0.2, 0.25) is 0 Å². The number of hydrogen-bond donors (Lipinski definition) is 5. The van der Waals surface area contributed by atoms with Crippen LogP contribution in [0, 0.1) is 0 Å². The number of aliphatic hydroxyl groups is 1. The first kappa shape index (κ1) is 6.80. The molecule has 0 aromatic rings. The van der Waals surface area contributed by atoms with E-state index in [0.717, 1.165) is 0 Å². The lowest BCUT2D eigenvalue weighted by atomic mass is 10.4. The van der Waals surface area contributed by atoms with Gasteiger partial charge in [-0.05, 0) is 0 Å². The molecule has 0 saturated heterocycles. The minimum Gasteiger partial charge on any atom is -0.361 e. The van der Waals surface area contributed by atoms with Crippen molar-refractivity contribution in [3.63, 3.8) is 0 Å². The first-order valence-corrected chi connectivity index (χ1v) is 1.76. The Morgan fingerprint density at radius 1 is 1.29 bits per heavy atom. The van der Waals surface area contributed by atoms with Crippen molar-refractivity contribution in [2.75, 3.05) is 0 Å². The molecule has 9 N–H and O–H groups in total. The molecular weight excluding hydrogens is 96.0 g/mol. The molecule has 0 spiro atoms. The standard InChI is InChI=1S/C2H10N4O/c3-1(4)2(5,6)7/h1,7H,3-6H2. The Bertz CT molecular complexity index is 55.2. The molecule has 0 fully saturated rings. The molecule has 5 nitrogen and oxygen atoms in total. The second-order valence-corrected chi connectivity index (χ2v) is 1.41. The van der Waals surface area contributed by atoms with Crippen LogP contribution in [-0.2, 0) is 0 Å². The topological polar surface area (TPSA) is 124 Å². The fraction of sp³-hybridized carbons (Fsp3) is 1.00. The Morgan fingerprint density at radius 3 is 1.43 bits per heavy atom. The van der Waals surface area contributed by atoms with Crippen LogP contribution in [0.25, 0.3) is 0 Å². The van der Waals surface area contributed by atoms with Gasteiger partial charge in [0.2, 0.25) is 0 Å². The van der Waals surface area contributed by atoms with Crippen LogP contribution in [0.15, 0.2) is 0 Å². The molecule has 0 atom stereocenters. The van der Waals surface area contributed by atoms with Crippen molar-refractivity contribution >= 4 is 0 Å². The van der Waals surface area contributed by atoms with Crippen molar-refractivity contribution in [2.24, 2.45) is 22.9 Å². The molecule has 0 bridgehead atoms. The Kier molecular flexibility index (Phi) is 1.68. The van der Waals surface area contributed by atoms with Crippen molar-refractivity contribution in [1.82, 2.24) is 0 Å². The van der Waals surface area contributed by atoms with Crippen molar-refractivity contribution in [3.05, 3.63) is 0 Å². The highest BCUT2D eigenvalue weighted by Crippen LogP contribution is 1.78. The van der Waals surface area contributed by atoms with Gasteiger partial charge in [0, 0.05) is 0 Å². The highest BCUT2D eigenvalue weighted by Gasteiger charge is 2.19. The van der Waals surface area contributed by atoms with Crippen LogP contribution in [-0.4, -0.2) is 17.1 Å². The Labute approximate surface area is 41.3 Å². The van der Waals surface area contributed by atoms with Gasteiger partial charge in [-0.3, -0.25) is 11.5 Å². The molecule has 0 aliphatic carbocycles. The van der Waals surface area contributed by atoms with Crippen LogP contribution in [0.4, 0.5) is 0 Å². The molecule has 5 heteroatoms. The summed E-state index contributed by atoms with van der Waals surface area (Å²) in [5.41, 5.74) is 19.2. The molecule has 0 saturated carbocycles. The first-order chi connectivity index (χ1) is 2.94. The quantitative estimate of drug-likeness (QED) is 0.225. The molecule has 0 rings (SSSR count). The van der Waals surface area contributed by atoms with Crippen molar-refractivity contribution in [1.29, 1.82) is 0 Å². The maximum atomic E-state index is 8.40. The lowest BCUT2D eigenvalue weighted by Gasteiger charge is -2.20. The summed E-state index contributed by atoms with van der Waals surface area (Å²) in [5, 5.41) is 8.40. The van der Waals surface area contributed by atoms with Crippen LogP contribution in [0.3, 0.4) is 0 Å². The minimum atomic E-state index is -1.94. The molecule has 0 aliphatic heterocycles. The van der Waals surface area contributed by atoms with Crippen LogP contribution >= 0.6 is 0 Å². The molecule has 0 amide bonds. The van der Waals surface area contributed by atoms with Gasteiger partial charge in [-0.25, -0.2) is 0 Å². The molecule has 44 valence electrons. The van der Waals surface area contributed by atoms with Gasteiger partial charge in [0.1, 0.15) is 6.17 Å². The van der Waals surface area contributed by atoms with Crippen LogP contribution < -0.4 is 22.9 Å². The summed E-state index contributed by atoms with van der Waals surface area (Å²) in [6.07, 6.45) is -1.09. The van der Waals surface area contributed by atoms with E-state index in [1.54, 1.807) is 0 Å². The van der Waals surface area contributed by atoms with E-state index in [-0.39, 0.29) is 0 Å². The van der Waals surface area contributed by atoms with Gasteiger partial charge < -0.3 is 16.6 Å². The van der Waals surface area contributed by atoms with E-state index in [9.17, 15) is 0 Å². The summed E-state index contributed by atoms with van der Waals surface area (Å²) < 4.78 is 0. The summed E-state index contributed by atoms with van der Waals surface area (Å²) in [5.74, 6) is -1.94. The number of rotatable bonds is 1. The summed E-state index contributed by atoms with van der Waals surface area (Å²) in [7, 11) is 0. The summed E-state index contributed by atoms with van der Waals surface area (Å²) >= 11 is 0. The lowest BCUT2D eigenvalue weighted by molar-refractivity contribution is 0.0286. The van der Waals surface area contributed by atoms with E-state index in [4.69, 9.17) is 28.0 Å². The molecule has 7 heavy (non-hydrogen) atoms. The number of hydrogen-bond acceptors (Lipinski definition) is 5. The normalized spacial score (nSPS) is 12.9. The minimum absolute atomic E-state index is 1.09. The predicted molar refractivity (Wildman–Crippen MR) is 25.5 cm³/mol. The average Bonchev–Trinajstić information content (AvgIpc) is 1.31. The molecule has 0 aromatic carbocycles. The maximum absolute atomic E-state index is 8.40. The predicted octanol–water partition coefficient (Wildman–Crippen LogP) is -3.21. The van der Waals surface area contributed by atoms with Gasteiger partial charge in [-0.2, -0.15) is 0 Å². The molecule has 0 aliphatic rings. The second kappa shape index (κ2) is 1.73. The molecule has 0 unspecified atom stereocenters. The fourth-order valence-electron chi connectivity index (χ4n) is 0. The zero-order valence-corrected chi connectivity index (χ0v) is 3.83. The molecule has 0 aromatic heterocycles. The molecular formula is C2H10N4O. The van der Waals surface area contributed by atoms with E-state index < -0.39 is 12.0 Å². The van der Waals surface area contributed by atoms with E-state index in [2.05, 4.69) is 0 Å². The third-order valence-electron chi connectivity index (χ3n) is 0.534. The Balaban J connectivity index is 3.54. The van der Waals surface area contributed by atoms with Gasteiger partial charge >= 0.3 is 0 Å². The summed E-state index contributed by atoms with van der Waals surface area (Å²) in [4.78, 5) is 0. The van der Waals surface area contributed by atoms with Gasteiger partial charge in [0.05, 0.1) is 0 Å². The van der Waals surface area contributed by atoms with Gasteiger partial charge in [0.25, 0.3) is 0 Å². The smallest absolute Gasteiger partial charge is 0.196 e. The van der Waals surface area contributed by atoms with Gasteiger partial charge in [-0.15, -0.1) is 0 Å². The molecule has 0 radical (unpaired) electrons. The maximum Gasteiger partial charge on any atom is 0.196 e. The van der Waals surface area contributed by atoms with Gasteiger partial charge in [-0.1, -0.05) is 0 Å². The zero-order valence-electron chi connectivity index (χ0n) is 3.83. The average molecular weight is 106 g/mol. The van der Waals surface area contributed by atoms with Crippen LogP contribution in [0.1, 0.15) is 0 Å². The monoisotopic (exact) mass is 106 g/mol. The highest BCUT2D eigenvalue weighted by atomic mass is 16.3. The fourth-order valence-corrected chi connectivity index (χ4v) is 0. The second-order valence-electron chi connectivity index (χ2n) is 1.41. The third-order valence-corrected chi connectivity index (χ3v) is 0.534. The zero-order chi connectivity index (χ0) is 6.08. The van der Waals surface area contributed by atoms with E-state index in [1.165, 1.54) is 0 Å².